The number of hydrogen-bond acceptors (Lipinski definition) is 6. The van der Waals surface area contributed by atoms with Crippen molar-refractivity contribution in [3.63, 3.8) is 0 Å². The van der Waals surface area contributed by atoms with Gasteiger partial charge in [0, 0.05) is 17.0 Å². The number of fused-ring (bicyclic) bond motifs is 2. The number of piperidine rings is 1. The van der Waals surface area contributed by atoms with Crippen molar-refractivity contribution in [1.82, 2.24) is 24.9 Å². The highest BCUT2D eigenvalue weighted by atomic mass is 32.1. The molecule has 0 spiro atoms. The zero-order chi connectivity index (χ0) is 20.8. The van der Waals surface area contributed by atoms with Gasteiger partial charge in [-0.15, -0.1) is 11.3 Å². The molecule has 7 nitrogen and oxygen atoms in total. The van der Waals surface area contributed by atoms with Crippen LogP contribution < -0.4 is 5.32 Å². The van der Waals surface area contributed by atoms with Gasteiger partial charge in [-0.2, -0.15) is 5.10 Å². The van der Waals surface area contributed by atoms with Crippen LogP contribution in [0.15, 0.2) is 24.4 Å². The summed E-state index contributed by atoms with van der Waals surface area (Å²) in [6.07, 6.45) is 3.57. The van der Waals surface area contributed by atoms with E-state index >= 15 is 0 Å². The number of aliphatic carboxylic acids is 1. The van der Waals surface area contributed by atoms with Gasteiger partial charge in [0.25, 0.3) is 0 Å². The Kier molecular flexibility index (Phi) is 4.71. The standard InChI is InChI=1S/C21H20FN5O2S/c1-11-10-27-20(24-11)14(9-18(28)29)7-16(26-27)13-6-15(22)19-17(8-13)30-21(25-19)12-2-4-23-5-3-12/h6-8,10,12,23H,2-5,9H2,1H3,(H,28,29). The van der Waals surface area contributed by atoms with Gasteiger partial charge in [0.1, 0.15) is 5.52 Å². The zero-order valence-corrected chi connectivity index (χ0v) is 17.2. The number of aryl methyl sites for hydroxylation is 1. The molecule has 0 atom stereocenters. The number of rotatable bonds is 4. The number of nitrogens with zero attached hydrogens (tertiary/aromatic N) is 4. The lowest BCUT2D eigenvalue weighted by Crippen LogP contribution is -2.26. The molecule has 1 aromatic carbocycles. The minimum Gasteiger partial charge on any atom is -0.481 e. The van der Waals surface area contributed by atoms with E-state index in [1.165, 1.54) is 17.4 Å². The third kappa shape index (κ3) is 3.44. The van der Waals surface area contributed by atoms with Crippen LogP contribution in [0.4, 0.5) is 4.39 Å². The summed E-state index contributed by atoms with van der Waals surface area (Å²) in [5, 5.41) is 18.1. The number of halogens is 1. The average Bonchev–Trinajstić information content (AvgIpc) is 3.31. The van der Waals surface area contributed by atoms with E-state index in [0.717, 1.165) is 41.3 Å². The van der Waals surface area contributed by atoms with E-state index in [9.17, 15) is 14.3 Å². The van der Waals surface area contributed by atoms with Gasteiger partial charge in [-0.05, 0) is 51.1 Å². The Labute approximate surface area is 175 Å². The first kappa shape index (κ1) is 19.1. The highest BCUT2D eigenvalue weighted by Crippen LogP contribution is 2.35. The van der Waals surface area contributed by atoms with E-state index in [0.29, 0.717) is 33.9 Å². The third-order valence-corrected chi connectivity index (χ3v) is 6.58. The molecule has 4 heterocycles. The molecule has 0 amide bonds. The van der Waals surface area contributed by atoms with Crippen LogP contribution in [0.5, 0.6) is 0 Å². The number of carboxylic acid groups (broad SMARTS) is 1. The average molecular weight is 425 g/mol. The minimum absolute atomic E-state index is 0.180. The molecule has 1 aliphatic rings. The normalized spacial score (nSPS) is 15.3. The van der Waals surface area contributed by atoms with Gasteiger partial charge in [-0.3, -0.25) is 4.79 Å². The lowest BCUT2D eigenvalue weighted by atomic mass is 9.99. The summed E-state index contributed by atoms with van der Waals surface area (Å²) >= 11 is 1.53. The number of benzene rings is 1. The monoisotopic (exact) mass is 425 g/mol. The molecule has 9 heteroatoms. The number of hydrogen-bond donors (Lipinski definition) is 2. The van der Waals surface area contributed by atoms with Crippen LogP contribution >= 0.6 is 11.3 Å². The lowest BCUT2D eigenvalue weighted by Gasteiger charge is -2.20. The van der Waals surface area contributed by atoms with Crippen molar-refractivity contribution in [1.29, 1.82) is 0 Å². The van der Waals surface area contributed by atoms with Gasteiger partial charge in [0.05, 0.1) is 33.7 Å². The predicted octanol–water partition coefficient (Wildman–Crippen LogP) is 3.55. The molecule has 0 aliphatic carbocycles. The summed E-state index contributed by atoms with van der Waals surface area (Å²) in [6, 6.07) is 5.01. The second-order valence-electron chi connectivity index (χ2n) is 7.66. The topological polar surface area (TPSA) is 92.4 Å². The van der Waals surface area contributed by atoms with Gasteiger partial charge in [-0.25, -0.2) is 18.9 Å². The Hall–Kier alpha value is -2.91. The van der Waals surface area contributed by atoms with Crippen LogP contribution in [-0.2, 0) is 11.2 Å². The second kappa shape index (κ2) is 7.41. The van der Waals surface area contributed by atoms with E-state index in [1.807, 2.05) is 13.0 Å². The molecule has 4 aromatic rings. The molecule has 1 saturated heterocycles. The van der Waals surface area contributed by atoms with E-state index in [-0.39, 0.29) is 12.2 Å². The Morgan fingerprint density at radius 2 is 2.10 bits per heavy atom. The number of carbonyl (C=O) groups is 1. The van der Waals surface area contributed by atoms with E-state index < -0.39 is 5.97 Å². The summed E-state index contributed by atoms with van der Waals surface area (Å²) in [5.41, 5.74) is 3.28. The maximum absolute atomic E-state index is 14.9. The van der Waals surface area contributed by atoms with Crippen LogP contribution in [0.3, 0.4) is 0 Å². The van der Waals surface area contributed by atoms with Crippen molar-refractivity contribution in [3.8, 4) is 11.3 Å². The first-order valence-electron chi connectivity index (χ1n) is 9.86. The zero-order valence-electron chi connectivity index (χ0n) is 16.4. The minimum atomic E-state index is -0.953. The molecule has 154 valence electrons. The predicted molar refractivity (Wildman–Crippen MR) is 112 cm³/mol. The summed E-state index contributed by atoms with van der Waals surface area (Å²) in [5.74, 6) is -0.982. The van der Waals surface area contributed by atoms with Crippen molar-refractivity contribution in [2.24, 2.45) is 0 Å². The molecule has 30 heavy (non-hydrogen) atoms. The molecule has 5 rings (SSSR count). The Morgan fingerprint density at radius 1 is 1.30 bits per heavy atom. The van der Waals surface area contributed by atoms with Crippen molar-refractivity contribution in [2.75, 3.05) is 13.1 Å². The molecule has 2 N–H and O–H groups in total. The van der Waals surface area contributed by atoms with Crippen LogP contribution in [-0.4, -0.2) is 43.7 Å². The number of aromatic nitrogens is 4. The van der Waals surface area contributed by atoms with Crippen LogP contribution in [0.1, 0.15) is 35.0 Å². The van der Waals surface area contributed by atoms with E-state index in [2.05, 4.69) is 20.4 Å². The largest absolute Gasteiger partial charge is 0.481 e. The molecular weight excluding hydrogens is 405 g/mol. The maximum Gasteiger partial charge on any atom is 0.307 e. The third-order valence-electron chi connectivity index (χ3n) is 5.41. The molecule has 1 aliphatic heterocycles. The summed E-state index contributed by atoms with van der Waals surface area (Å²) in [6.45, 7) is 3.73. The highest BCUT2D eigenvalue weighted by Gasteiger charge is 2.21. The fraction of sp³-hybridized carbons (Fsp3) is 0.333. The fourth-order valence-electron chi connectivity index (χ4n) is 3.99. The maximum atomic E-state index is 14.9. The number of imidazole rings is 1. The highest BCUT2D eigenvalue weighted by molar-refractivity contribution is 7.18. The molecule has 0 unspecified atom stereocenters. The van der Waals surface area contributed by atoms with Gasteiger partial charge in [0.2, 0.25) is 0 Å². The molecule has 0 saturated carbocycles. The first-order valence-corrected chi connectivity index (χ1v) is 10.7. The van der Waals surface area contributed by atoms with Crippen molar-refractivity contribution in [3.05, 3.63) is 46.5 Å². The number of carboxylic acids is 1. The molecule has 0 radical (unpaired) electrons. The molecule has 1 fully saturated rings. The second-order valence-corrected chi connectivity index (χ2v) is 8.72. The number of thiazole rings is 1. The Bertz CT molecular complexity index is 1280. The summed E-state index contributed by atoms with van der Waals surface area (Å²) in [4.78, 5) is 20.3. The van der Waals surface area contributed by atoms with E-state index in [4.69, 9.17) is 0 Å². The van der Waals surface area contributed by atoms with Gasteiger partial charge < -0.3 is 10.4 Å². The SMILES string of the molecule is Cc1cn2nc(-c3cc(F)c4nc(C5CCNCC5)sc4c3)cc(CC(=O)O)c2n1. The molecule has 0 bridgehead atoms. The van der Waals surface area contributed by atoms with Crippen LogP contribution in [0.25, 0.3) is 27.1 Å². The van der Waals surface area contributed by atoms with Crippen molar-refractivity contribution in [2.45, 2.75) is 32.1 Å². The van der Waals surface area contributed by atoms with Crippen molar-refractivity contribution < 1.29 is 14.3 Å². The van der Waals surface area contributed by atoms with E-state index in [1.54, 1.807) is 16.8 Å². The quantitative estimate of drug-likeness (QED) is 0.520. The fourth-order valence-corrected chi connectivity index (χ4v) is 5.18. The van der Waals surface area contributed by atoms with Crippen LogP contribution in [0.2, 0.25) is 0 Å². The van der Waals surface area contributed by atoms with Crippen molar-refractivity contribution >= 4 is 33.2 Å². The first-order chi connectivity index (χ1) is 14.5. The van der Waals surface area contributed by atoms with Gasteiger partial charge in [-0.1, -0.05) is 0 Å². The Balaban J connectivity index is 1.61. The number of nitrogens with one attached hydrogen (secondary N) is 1. The Morgan fingerprint density at radius 3 is 2.87 bits per heavy atom. The smallest absolute Gasteiger partial charge is 0.307 e. The lowest BCUT2D eigenvalue weighted by molar-refractivity contribution is -0.136. The molecule has 3 aromatic heterocycles. The molecular formula is C21H20FN5O2S. The van der Waals surface area contributed by atoms with Gasteiger partial charge >= 0.3 is 5.97 Å². The van der Waals surface area contributed by atoms with Crippen LogP contribution in [0, 0.1) is 12.7 Å². The van der Waals surface area contributed by atoms with Gasteiger partial charge in [0.15, 0.2) is 11.5 Å². The summed E-state index contributed by atoms with van der Waals surface area (Å²) in [7, 11) is 0. The summed E-state index contributed by atoms with van der Waals surface area (Å²) < 4.78 is 17.3.